The summed E-state index contributed by atoms with van der Waals surface area (Å²) >= 11 is 0. The van der Waals surface area contributed by atoms with Crippen molar-refractivity contribution >= 4 is 16.8 Å². The van der Waals surface area contributed by atoms with E-state index in [0.717, 1.165) is 11.9 Å². The van der Waals surface area contributed by atoms with E-state index in [-0.39, 0.29) is 24.3 Å². The van der Waals surface area contributed by atoms with Crippen LogP contribution in [0.25, 0.3) is 22.0 Å². The number of aryl methyl sites for hydroxylation is 1. The Hall–Kier alpha value is -3.95. The van der Waals surface area contributed by atoms with Crippen molar-refractivity contribution in [2.45, 2.75) is 45.3 Å². The fourth-order valence-corrected chi connectivity index (χ4v) is 6.79. The normalized spacial score (nSPS) is 18.6. The van der Waals surface area contributed by atoms with Gasteiger partial charge in [-0.05, 0) is 84.7 Å². The number of carbonyl (C=O) groups is 1. The minimum absolute atomic E-state index is 0.00658. The van der Waals surface area contributed by atoms with E-state index < -0.39 is 6.29 Å². The molecule has 2 heterocycles. The number of carbonyl (C=O) groups excluding carboxylic acids is 1. The number of nitrogens with one attached hydrogen (secondary N) is 2. The summed E-state index contributed by atoms with van der Waals surface area (Å²) in [7, 11) is 0. The summed E-state index contributed by atoms with van der Waals surface area (Å²) in [5, 5.41) is 13.2. The molecule has 1 aromatic heterocycles. The molecule has 0 radical (unpaired) electrons. The first-order valence-corrected chi connectivity index (χ1v) is 16.4. The van der Waals surface area contributed by atoms with Gasteiger partial charge in [-0.25, -0.2) is 0 Å². The Kier molecular flexibility index (Phi) is 10.5. The largest absolute Gasteiger partial charge is 0.459 e. The molecule has 242 valence electrons. The molecule has 0 unspecified atom stereocenters. The number of aliphatic hydroxyl groups excluding tert-OH is 1. The van der Waals surface area contributed by atoms with Crippen molar-refractivity contribution in [3.05, 3.63) is 107 Å². The average molecular weight is 625 g/mol. The summed E-state index contributed by atoms with van der Waals surface area (Å²) in [5.74, 6) is -0.126. The van der Waals surface area contributed by atoms with Crippen molar-refractivity contribution in [3.8, 4) is 11.1 Å². The van der Waals surface area contributed by atoms with E-state index >= 15 is 0 Å². The number of rotatable bonds is 15. The molecule has 0 bridgehead atoms. The molecule has 46 heavy (non-hydrogen) atoms. The minimum atomic E-state index is -0.605. The van der Waals surface area contributed by atoms with E-state index in [1.165, 1.54) is 44.3 Å². The maximum absolute atomic E-state index is 13.7. The number of H-pyrrole nitrogens is 1. The Morgan fingerprint density at radius 1 is 1.02 bits per heavy atom. The molecule has 0 saturated heterocycles. The van der Waals surface area contributed by atoms with Gasteiger partial charge >= 0.3 is 0 Å². The van der Waals surface area contributed by atoms with E-state index in [1.807, 2.05) is 19.2 Å². The molecule has 0 spiro atoms. The molecule has 1 amide bonds. The third kappa shape index (κ3) is 7.05. The number of aromatic amines is 1. The zero-order valence-electron chi connectivity index (χ0n) is 26.7. The van der Waals surface area contributed by atoms with Crippen LogP contribution in [-0.4, -0.2) is 68.5 Å². The van der Waals surface area contributed by atoms with Gasteiger partial charge in [0.05, 0.1) is 26.4 Å². The highest BCUT2D eigenvalue weighted by atomic mass is 16.7. The van der Waals surface area contributed by atoms with Crippen molar-refractivity contribution in [1.82, 2.24) is 10.3 Å². The number of amides is 1. The highest BCUT2D eigenvalue weighted by molar-refractivity contribution is 5.92. The lowest BCUT2D eigenvalue weighted by Gasteiger charge is -2.37. The molecule has 1 aliphatic heterocycles. The first-order chi connectivity index (χ1) is 22.6. The molecule has 4 aromatic rings. The van der Waals surface area contributed by atoms with Crippen molar-refractivity contribution in [3.63, 3.8) is 0 Å². The number of hydrogen-bond acceptors (Lipinski definition) is 6. The van der Waals surface area contributed by atoms with Crippen LogP contribution >= 0.6 is 0 Å². The van der Waals surface area contributed by atoms with Gasteiger partial charge in [0.1, 0.15) is 0 Å². The van der Waals surface area contributed by atoms with Crippen LogP contribution in [0, 0.1) is 12.8 Å². The van der Waals surface area contributed by atoms with E-state index in [2.05, 4.69) is 77.9 Å². The molecular formula is C38H44N2O6. The highest BCUT2D eigenvalue weighted by Gasteiger charge is 2.39. The Labute approximate surface area is 270 Å². The van der Waals surface area contributed by atoms with Crippen LogP contribution in [0.1, 0.15) is 47.1 Å². The second kappa shape index (κ2) is 15.1. The summed E-state index contributed by atoms with van der Waals surface area (Å²) in [4.78, 5) is 17.0. The number of fused-ring (bicyclic) bond motifs is 4. The number of ether oxygens (including phenoxy) is 4. The monoisotopic (exact) mass is 624 g/mol. The smallest absolute Gasteiger partial charge is 0.286 e. The van der Waals surface area contributed by atoms with Crippen molar-refractivity contribution in [2.24, 2.45) is 5.92 Å². The molecule has 0 saturated carbocycles. The summed E-state index contributed by atoms with van der Waals surface area (Å²) < 4.78 is 23.8. The van der Waals surface area contributed by atoms with Crippen LogP contribution in [0.15, 0.2) is 78.7 Å². The third-order valence-electron chi connectivity index (χ3n) is 8.99. The molecule has 3 aromatic carbocycles. The Morgan fingerprint density at radius 2 is 1.85 bits per heavy atom. The lowest BCUT2D eigenvalue weighted by molar-refractivity contribution is -0.168. The van der Waals surface area contributed by atoms with Gasteiger partial charge in [0.15, 0.2) is 5.76 Å². The second-order valence-electron chi connectivity index (χ2n) is 12.0. The Balaban J connectivity index is 1.23. The molecule has 8 nitrogen and oxygen atoms in total. The van der Waals surface area contributed by atoms with Gasteiger partial charge < -0.3 is 34.4 Å². The lowest BCUT2D eigenvalue weighted by Crippen LogP contribution is -2.40. The number of aliphatic hydroxyl groups is 1. The molecule has 6 rings (SSSR count). The van der Waals surface area contributed by atoms with E-state index in [9.17, 15) is 4.79 Å². The van der Waals surface area contributed by atoms with Crippen LogP contribution < -0.4 is 5.32 Å². The molecule has 0 fully saturated rings. The summed E-state index contributed by atoms with van der Waals surface area (Å²) in [6, 6.07) is 21.4. The van der Waals surface area contributed by atoms with E-state index in [0.29, 0.717) is 58.2 Å². The molecule has 8 heteroatoms. The van der Waals surface area contributed by atoms with Crippen molar-refractivity contribution < 1.29 is 28.8 Å². The highest BCUT2D eigenvalue weighted by Crippen LogP contribution is 2.45. The van der Waals surface area contributed by atoms with Crippen LogP contribution in [0.5, 0.6) is 0 Å². The topological polar surface area (TPSA) is 102 Å². The summed E-state index contributed by atoms with van der Waals surface area (Å²) in [5.41, 5.74) is 9.79. The zero-order chi connectivity index (χ0) is 31.9. The number of aromatic nitrogens is 1. The first kappa shape index (κ1) is 32.0. The maximum atomic E-state index is 13.7. The van der Waals surface area contributed by atoms with Gasteiger partial charge in [0.25, 0.3) is 5.91 Å². The number of allylic oxidation sites excluding steroid dienone is 1. The maximum Gasteiger partial charge on any atom is 0.286 e. The van der Waals surface area contributed by atoms with Gasteiger partial charge in [-0.1, -0.05) is 54.1 Å². The zero-order valence-corrected chi connectivity index (χ0v) is 26.7. The van der Waals surface area contributed by atoms with Crippen LogP contribution in [0.4, 0.5) is 0 Å². The summed E-state index contributed by atoms with van der Waals surface area (Å²) in [6.07, 6.45) is 5.64. The molecule has 3 atom stereocenters. The van der Waals surface area contributed by atoms with Gasteiger partial charge in [0.2, 0.25) is 6.29 Å². The third-order valence-corrected chi connectivity index (χ3v) is 8.99. The minimum Gasteiger partial charge on any atom is -0.459 e. The predicted octanol–water partition coefficient (Wildman–Crippen LogP) is 5.80. The summed E-state index contributed by atoms with van der Waals surface area (Å²) in [6.45, 7) is 6.62. The van der Waals surface area contributed by atoms with Crippen molar-refractivity contribution in [2.75, 3.05) is 46.2 Å². The number of hydrogen-bond donors (Lipinski definition) is 3. The lowest BCUT2D eigenvalue weighted by atomic mass is 9.78. The van der Waals surface area contributed by atoms with Crippen LogP contribution in [0.3, 0.4) is 0 Å². The molecular weight excluding hydrogens is 580 g/mol. The molecule has 3 N–H and O–H groups in total. The standard InChI is InChI=1S/C38H44N2O6/c1-3-45-38-31(14-17-43-19-20-44-18-16-41)34(30-10-6-9-29-28-8-5-4-7-26(28)22-33(29)30)23-36(46-38)37(42)39-15-13-27-24-40-35-12-11-25(2)21-32(27)35/h4-12,21,23-24,31,34,38,40-41H,3,13-20,22H2,1-2H3,(H,39,42)/t31-,34+,38+/m1/s1. The quantitative estimate of drug-likeness (QED) is 0.127. The van der Waals surface area contributed by atoms with E-state index in [4.69, 9.17) is 24.1 Å². The van der Waals surface area contributed by atoms with Crippen molar-refractivity contribution in [1.29, 1.82) is 0 Å². The SMILES string of the molecule is CCO[C@H]1OC(C(=O)NCCc2c[nH]c3ccc(C)cc23)=C[C@@H](c2cccc3c2Cc2ccccc2-3)[C@H]1CCOCCOCCO. The second-order valence-corrected chi connectivity index (χ2v) is 12.0. The molecule has 1 aliphatic carbocycles. The van der Waals surface area contributed by atoms with Gasteiger partial charge in [-0.15, -0.1) is 0 Å². The number of benzene rings is 3. The van der Waals surface area contributed by atoms with Gasteiger partial charge in [0, 0.05) is 48.7 Å². The predicted molar refractivity (Wildman–Crippen MR) is 179 cm³/mol. The van der Waals surface area contributed by atoms with E-state index in [1.54, 1.807) is 0 Å². The van der Waals surface area contributed by atoms with Gasteiger partial charge in [-0.2, -0.15) is 0 Å². The van der Waals surface area contributed by atoms with Crippen LogP contribution in [-0.2, 0) is 36.6 Å². The molecule has 2 aliphatic rings. The fourth-order valence-electron chi connectivity index (χ4n) is 6.79. The Bertz CT molecular complexity index is 1680. The Morgan fingerprint density at radius 3 is 2.70 bits per heavy atom. The van der Waals surface area contributed by atoms with Crippen LogP contribution in [0.2, 0.25) is 0 Å². The average Bonchev–Trinajstić information content (AvgIpc) is 3.65. The van der Waals surface area contributed by atoms with Gasteiger partial charge in [-0.3, -0.25) is 4.79 Å². The first-order valence-electron chi connectivity index (χ1n) is 16.4. The fraction of sp³-hybridized carbons (Fsp3) is 0.395.